The van der Waals surface area contributed by atoms with Gasteiger partial charge in [0.25, 0.3) is 11.8 Å². The van der Waals surface area contributed by atoms with E-state index in [0.29, 0.717) is 6.42 Å². The van der Waals surface area contributed by atoms with Crippen molar-refractivity contribution < 1.29 is 50.2 Å². The summed E-state index contributed by atoms with van der Waals surface area (Å²) in [6.07, 6.45) is -0.592. The topological polar surface area (TPSA) is 124 Å². The van der Waals surface area contributed by atoms with Gasteiger partial charge >= 0.3 is 18.3 Å². The van der Waals surface area contributed by atoms with Crippen LogP contribution >= 0.6 is 0 Å². The van der Waals surface area contributed by atoms with Crippen molar-refractivity contribution in [1.82, 2.24) is 25.4 Å². The van der Waals surface area contributed by atoms with Crippen LogP contribution in [0.15, 0.2) is 42.8 Å². The lowest BCUT2D eigenvalue weighted by molar-refractivity contribution is -0.154. The van der Waals surface area contributed by atoms with Gasteiger partial charge in [-0.3, -0.25) is 14.3 Å². The van der Waals surface area contributed by atoms with E-state index in [9.17, 15) is 40.7 Å². The van der Waals surface area contributed by atoms with Crippen LogP contribution < -0.4 is 15.4 Å². The molecule has 0 bridgehead atoms. The minimum atomic E-state index is -4.89. The zero-order chi connectivity index (χ0) is 28.8. The molecule has 2 aromatic rings. The lowest BCUT2D eigenvalue weighted by atomic mass is 10.1. The first-order chi connectivity index (χ1) is 18.3. The van der Waals surface area contributed by atoms with E-state index in [0.717, 1.165) is 30.3 Å². The Morgan fingerprint density at radius 1 is 1.05 bits per heavy atom. The minimum absolute atomic E-state index is 0.253. The molecule has 2 N–H and O–H groups in total. The second-order valence-electron chi connectivity index (χ2n) is 7.97. The number of alkyl halides is 6. The second kappa shape index (κ2) is 12.0. The largest absolute Gasteiger partial charge is 0.467 e. The number of hydrogen-bond donors (Lipinski definition) is 2. The van der Waals surface area contributed by atoms with Crippen LogP contribution in [0.1, 0.15) is 49.2 Å². The third kappa shape index (κ3) is 7.81. The molecule has 0 fully saturated rings. The van der Waals surface area contributed by atoms with E-state index in [1.807, 2.05) is 0 Å². The minimum Gasteiger partial charge on any atom is -0.467 e. The zero-order valence-electron chi connectivity index (χ0n) is 20.1. The predicted octanol–water partition coefficient (Wildman–Crippen LogP) is 3.24. The van der Waals surface area contributed by atoms with Gasteiger partial charge in [-0.15, -0.1) is 0 Å². The molecule has 0 aromatic carbocycles. The molecule has 0 radical (unpaired) electrons. The van der Waals surface area contributed by atoms with Crippen LogP contribution in [-0.2, 0) is 10.9 Å². The molecule has 0 saturated carbocycles. The molecular formula is C23H21F6N5O5. The van der Waals surface area contributed by atoms with Gasteiger partial charge in [0.1, 0.15) is 5.56 Å². The summed E-state index contributed by atoms with van der Waals surface area (Å²) in [4.78, 5) is 40.4. The number of aromatic nitrogens is 3. The lowest BCUT2D eigenvalue weighted by Crippen LogP contribution is -2.35. The third-order valence-electron chi connectivity index (χ3n) is 5.13. The van der Waals surface area contributed by atoms with Gasteiger partial charge < -0.3 is 20.1 Å². The Kier molecular flexibility index (Phi) is 8.98. The third-order valence-corrected chi connectivity index (χ3v) is 5.13. The van der Waals surface area contributed by atoms with E-state index in [1.165, 1.54) is 0 Å². The van der Waals surface area contributed by atoms with Crippen molar-refractivity contribution in [2.24, 2.45) is 0 Å². The van der Waals surface area contributed by atoms with Crippen molar-refractivity contribution in [3.63, 3.8) is 0 Å². The van der Waals surface area contributed by atoms with Crippen LogP contribution in [0.5, 0.6) is 5.88 Å². The first-order valence-corrected chi connectivity index (χ1v) is 11.1. The number of methoxy groups -OCH3 is 1. The molecule has 2 heterocycles. The Bertz CT molecular complexity index is 1290. The molecule has 3 rings (SSSR count). The average molecular weight is 561 g/mol. The molecule has 10 nitrogen and oxygen atoms in total. The summed E-state index contributed by atoms with van der Waals surface area (Å²) < 4.78 is 87.7. The average Bonchev–Trinajstić information content (AvgIpc) is 3.36. The maximum atomic E-state index is 13.5. The molecule has 0 aliphatic heterocycles. The van der Waals surface area contributed by atoms with Gasteiger partial charge in [-0.05, 0) is 12.5 Å². The van der Waals surface area contributed by atoms with E-state index < -0.39 is 65.5 Å². The lowest BCUT2D eigenvalue weighted by Gasteiger charge is -2.13. The van der Waals surface area contributed by atoms with Crippen molar-refractivity contribution in [2.45, 2.75) is 24.8 Å². The number of carbonyl (C=O) groups excluding carboxylic acids is 3. The van der Waals surface area contributed by atoms with Crippen molar-refractivity contribution in [3.05, 3.63) is 65.1 Å². The SMILES string of the molecule is COC(=O)c1cc(C(=O)NCCNC(=O)c2cn(C3C=CC=CC3)nc2C(F)(F)F)cnc1OCC(F)(F)F. The van der Waals surface area contributed by atoms with Crippen LogP contribution in [0.4, 0.5) is 26.3 Å². The van der Waals surface area contributed by atoms with E-state index >= 15 is 0 Å². The van der Waals surface area contributed by atoms with Gasteiger partial charge in [0.05, 0.1) is 24.3 Å². The van der Waals surface area contributed by atoms with Crippen molar-refractivity contribution in [2.75, 3.05) is 26.8 Å². The van der Waals surface area contributed by atoms with Crippen LogP contribution in [0.3, 0.4) is 0 Å². The highest BCUT2D eigenvalue weighted by molar-refractivity contribution is 5.99. The Morgan fingerprint density at radius 3 is 2.33 bits per heavy atom. The summed E-state index contributed by atoms with van der Waals surface area (Å²) in [5.74, 6) is -3.73. The number of allylic oxidation sites excluding steroid dienone is 4. The Morgan fingerprint density at radius 2 is 1.74 bits per heavy atom. The number of rotatable bonds is 9. The predicted molar refractivity (Wildman–Crippen MR) is 121 cm³/mol. The van der Waals surface area contributed by atoms with Gasteiger partial charge in [-0.2, -0.15) is 31.4 Å². The Balaban J connectivity index is 1.62. The number of halogens is 6. The quantitative estimate of drug-likeness (QED) is 0.274. The first kappa shape index (κ1) is 29.2. The van der Waals surface area contributed by atoms with E-state index in [-0.39, 0.29) is 18.7 Å². The zero-order valence-corrected chi connectivity index (χ0v) is 20.1. The van der Waals surface area contributed by atoms with E-state index in [2.05, 4.69) is 30.2 Å². The molecule has 210 valence electrons. The van der Waals surface area contributed by atoms with Crippen LogP contribution in [0.25, 0.3) is 0 Å². The molecule has 1 aliphatic carbocycles. The smallest absolute Gasteiger partial charge is 0.435 e. The summed E-state index contributed by atoms with van der Waals surface area (Å²) >= 11 is 0. The van der Waals surface area contributed by atoms with Crippen LogP contribution in [0.2, 0.25) is 0 Å². The fourth-order valence-electron chi connectivity index (χ4n) is 3.35. The summed E-state index contributed by atoms with van der Waals surface area (Å²) in [5.41, 5.74) is -2.85. The highest BCUT2D eigenvalue weighted by Gasteiger charge is 2.39. The maximum Gasteiger partial charge on any atom is 0.435 e. The van der Waals surface area contributed by atoms with Gasteiger partial charge in [0.2, 0.25) is 5.88 Å². The number of nitrogens with one attached hydrogen (secondary N) is 2. The van der Waals surface area contributed by atoms with E-state index in [4.69, 9.17) is 0 Å². The molecule has 1 aliphatic rings. The number of carbonyl (C=O) groups is 3. The number of amides is 2. The molecular weight excluding hydrogens is 540 g/mol. The molecule has 1 atom stereocenters. The fourth-order valence-corrected chi connectivity index (χ4v) is 3.35. The second-order valence-corrected chi connectivity index (χ2v) is 7.97. The van der Waals surface area contributed by atoms with Crippen LogP contribution in [-0.4, -0.2) is 65.5 Å². The maximum absolute atomic E-state index is 13.5. The molecule has 0 spiro atoms. The van der Waals surface area contributed by atoms with Crippen molar-refractivity contribution >= 4 is 17.8 Å². The molecule has 2 aromatic heterocycles. The molecule has 16 heteroatoms. The summed E-state index contributed by atoms with van der Waals surface area (Å²) in [6, 6.07) is 0.405. The van der Waals surface area contributed by atoms with Gasteiger partial charge in [-0.25, -0.2) is 9.78 Å². The Hall–Kier alpha value is -4.37. The number of pyridine rings is 1. The molecule has 39 heavy (non-hydrogen) atoms. The van der Waals surface area contributed by atoms with Crippen molar-refractivity contribution in [3.8, 4) is 5.88 Å². The summed E-state index contributed by atoms with van der Waals surface area (Å²) in [6.45, 7) is -2.28. The number of nitrogens with zero attached hydrogens (tertiary/aromatic N) is 3. The number of esters is 1. The molecule has 0 saturated heterocycles. The first-order valence-electron chi connectivity index (χ1n) is 11.1. The number of hydrogen-bond acceptors (Lipinski definition) is 7. The highest BCUT2D eigenvalue weighted by atomic mass is 19.4. The molecule has 2 amide bonds. The van der Waals surface area contributed by atoms with Gasteiger partial charge in [0, 0.05) is 25.5 Å². The van der Waals surface area contributed by atoms with E-state index in [1.54, 1.807) is 24.3 Å². The van der Waals surface area contributed by atoms with Gasteiger partial charge in [-0.1, -0.05) is 24.3 Å². The normalized spacial score (nSPS) is 15.1. The molecule has 1 unspecified atom stereocenters. The Labute approximate surface area is 216 Å². The highest BCUT2D eigenvalue weighted by Crippen LogP contribution is 2.32. The summed E-state index contributed by atoms with van der Waals surface area (Å²) in [5, 5.41) is 8.14. The number of ether oxygens (including phenoxy) is 2. The fraction of sp³-hybridized carbons (Fsp3) is 0.348. The van der Waals surface area contributed by atoms with Crippen LogP contribution in [0, 0.1) is 0 Å². The summed E-state index contributed by atoms with van der Waals surface area (Å²) in [7, 11) is 0.960. The van der Waals surface area contributed by atoms with Gasteiger partial charge in [0.15, 0.2) is 12.3 Å². The van der Waals surface area contributed by atoms with Crippen molar-refractivity contribution in [1.29, 1.82) is 0 Å². The monoisotopic (exact) mass is 561 g/mol. The standard InChI is InChI=1S/C23H21F6N5O5/c1-38-21(37)15-9-13(10-32-20(15)39-12-22(24,25)26)18(35)30-7-8-31-19(36)16-11-34(14-5-3-2-4-6-14)33-17(16)23(27,28)29/h2-5,9-11,14H,6-8,12H2,1H3,(H,30,35)(H,31,36).